The Hall–Kier alpha value is -0.770. The monoisotopic (exact) mass is 294 g/mol. The molecule has 2 saturated heterocycles. The lowest BCUT2D eigenvalue weighted by molar-refractivity contribution is 0.214. The summed E-state index contributed by atoms with van der Waals surface area (Å²) in [7, 11) is 1.73. The summed E-state index contributed by atoms with van der Waals surface area (Å²) in [5.74, 6) is 0.946. The zero-order chi connectivity index (χ0) is 13.9. The molecule has 2 aliphatic rings. The average Bonchev–Trinajstić information content (AvgIpc) is 2.78. The normalized spacial score (nSPS) is 24.4. The molecule has 110 valence electrons. The molecular formula is C16H23ClN2O. The molecule has 0 saturated carbocycles. The van der Waals surface area contributed by atoms with Crippen LogP contribution in [0.15, 0.2) is 18.2 Å². The van der Waals surface area contributed by atoms with Crippen LogP contribution in [0.1, 0.15) is 24.8 Å². The molecule has 20 heavy (non-hydrogen) atoms. The Morgan fingerprint density at radius 3 is 2.95 bits per heavy atom. The van der Waals surface area contributed by atoms with E-state index in [0.717, 1.165) is 23.4 Å². The number of fused-ring (bicyclic) bond motifs is 1. The molecule has 4 heteroatoms. The number of benzene rings is 1. The molecule has 1 atom stereocenters. The first-order valence-corrected chi connectivity index (χ1v) is 7.93. The van der Waals surface area contributed by atoms with E-state index in [1.165, 1.54) is 51.0 Å². The van der Waals surface area contributed by atoms with Crippen molar-refractivity contribution in [2.45, 2.75) is 31.8 Å². The van der Waals surface area contributed by atoms with Crippen molar-refractivity contribution in [1.82, 2.24) is 9.80 Å². The smallest absolute Gasteiger partial charge is 0.123 e. The van der Waals surface area contributed by atoms with E-state index in [-0.39, 0.29) is 0 Å². The van der Waals surface area contributed by atoms with Gasteiger partial charge in [0.05, 0.1) is 7.11 Å². The predicted octanol–water partition coefficient (Wildman–Crippen LogP) is 3.02. The van der Waals surface area contributed by atoms with Crippen LogP contribution in [0, 0.1) is 0 Å². The van der Waals surface area contributed by atoms with Gasteiger partial charge in [-0.25, -0.2) is 0 Å². The summed E-state index contributed by atoms with van der Waals surface area (Å²) in [6, 6.07) is 6.66. The summed E-state index contributed by atoms with van der Waals surface area (Å²) in [6.07, 6.45) is 3.97. The van der Waals surface area contributed by atoms with E-state index in [2.05, 4.69) is 9.80 Å². The van der Waals surface area contributed by atoms with E-state index in [1.807, 2.05) is 18.2 Å². The van der Waals surface area contributed by atoms with Gasteiger partial charge in [-0.2, -0.15) is 0 Å². The van der Waals surface area contributed by atoms with Gasteiger partial charge in [-0.1, -0.05) is 11.6 Å². The lowest BCUT2D eigenvalue weighted by Gasteiger charge is -2.26. The van der Waals surface area contributed by atoms with E-state index < -0.39 is 0 Å². The molecule has 2 fully saturated rings. The fraction of sp³-hybridized carbons (Fsp3) is 0.625. The summed E-state index contributed by atoms with van der Waals surface area (Å²) in [5.41, 5.74) is 1.20. The van der Waals surface area contributed by atoms with E-state index in [0.29, 0.717) is 0 Å². The highest BCUT2D eigenvalue weighted by Gasteiger charge is 2.28. The molecule has 1 aromatic carbocycles. The molecule has 0 amide bonds. The van der Waals surface area contributed by atoms with Gasteiger partial charge < -0.3 is 4.74 Å². The van der Waals surface area contributed by atoms with Crippen LogP contribution in [-0.4, -0.2) is 49.1 Å². The molecule has 3 rings (SSSR count). The van der Waals surface area contributed by atoms with Crippen LogP contribution in [0.25, 0.3) is 0 Å². The van der Waals surface area contributed by atoms with Crippen molar-refractivity contribution >= 4 is 11.6 Å². The van der Waals surface area contributed by atoms with Gasteiger partial charge in [0.1, 0.15) is 5.75 Å². The summed E-state index contributed by atoms with van der Waals surface area (Å²) in [4.78, 5) is 5.22. The van der Waals surface area contributed by atoms with Gasteiger partial charge >= 0.3 is 0 Å². The van der Waals surface area contributed by atoms with E-state index >= 15 is 0 Å². The van der Waals surface area contributed by atoms with Crippen LogP contribution in [0.4, 0.5) is 0 Å². The zero-order valence-electron chi connectivity index (χ0n) is 12.1. The summed E-state index contributed by atoms with van der Waals surface area (Å²) in [5, 5.41) is 0.790. The minimum absolute atomic E-state index is 0.752. The van der Waals surface area contributed by atoms with Gasteiger partial charge in [0.2, 0.25) is 0 Å². The van der Waals surface area contributed by atoms with Gasteiger partial charge in [0, 0.05) is 29.7 Å². The van der Waals surface area contributed by atoms with Crippen molar-refractivity contribution in [1.29, 1.82) is 0 Å². The summed E-state index contributed by atoms with van der Waals surface area (Å²) >= 11 is 6.13. The van der Waals surface area contributed by atoms with E-state index in [1.54, 1.807) is 7.11 Å². The number of halogens is 1. The summed E-state index contributed by atoms with van der Waals surface area (Å²) in [6.45, 7) is 5.83. The molecule has 0 N–H and O–H groups in total. The second-order valence-corrected chi connectivity index (χ2v) is 6.31. The first kappa shape index (κ1) is 14.2. The average molecular weight is 295 g/mol. The summed E-state index contributed by atoms with van der Waals surface area (Å²) < 4.78 is 5.46. The number of hydrogen-bond acceptors (Lipinski definition) is 3. The number of nitrogens with zero attached hydrogens (tertiary/aromatic N) is 2. The van der Waals surface area contributed by atoms with Crippen molar-refractivity contribution in [2.24, 2.45) is 0 Å². The van der Waals surface area contributed by atoms with Gasteiger partial charge in [0.25, 0.3) is 0 Å². The number of ether oxygens (including phenoxy) is 1. The lowest BCUT2D eigenvalue weighted by atomic mass is 10.1. The minimum Gasteiger partial charge on any atom is -0.496 e. The van der Waals surface area contributed by atoms with Crippen LogP contribution in [0.2, 0.25) is 5.02 Å². The number of hydrogen-bond donors (Lipinski definition) is 0. The SMILES string of the molecule is COc1ccc(Cl)cc1CN1CCCN2CCCC2C1. The molecule has 2 aliphatic heterocycles. The topological polar surface area (TPSA) is 15.7 Å². The third kappa shape index (κ3) is 3.11. The molecule has 0 radical (unpaired) electrons. The fourth-order valence-electron chi connectivity index (χ4n) is 3.54. The Labute approximate surface area is 126 Å². The maximum absolute atomic E-state index is 6.13. The Morgan fingerprint density at radius 2 is 2.10 bits per heavy atom. The van der Waals surface area contributed by atoms with Crippen LogP contribution >= 0.6 is 11.6 Å². The Morgan fingerprint density at radius 1 is 1.25 bits per heavy atom. The molecule has 3 nitrogen and oxygen atoms in total. The Kier molecular flexibility index (Phi) is 4.49. The van der Waals surface area contributed by atoms with Crippen LogP contribution in [0.5, 0.6) is 5.75 Å². The van der Waals surface area contributed by atoms with Crippen LogP contribution in [-0.2, 0) is 6.54 Å². The third-order valence-electron chi connectivity index (χ3n) is 4.52. The van der Waals surface area contributed by atoms with Crippen molar-refractivity contribution in [3.63, 3.8) is 0 Å². The minimum atomic E-state index is 0.752. The third-order valence-corrected chi connectivity index (χ3v) is 4.76. The van der Waals surface area contributed by atoms with Crippen LogP contribution < -0.4 is 4.74 Å². The highest BCUT2D eigenvalue weighted by molar-refractivity contribution is 6.30. The molecule has 1 unspecified atom stereocenters. The van der Waals surface area contributed by atoms with E-state index in [4.69, 9.17) is 16.3 Å². The Balaban J connectivity index is 1.72. The Bertz CT molecular complexity index is 466. The molecule has 0 aliphatic carbocycles. The van der Waals surface area contributed by atoms with Gasteiger partial charge in [-0.3, -0.25) is 9.80 Å². The quantitative estimate of drug-likeness (QED) is 0.852. The fourth-order valence-corrected chi connectivity index (χ4v) is 3.73. The van der Waals surface area contributed by atoms with Gasteiger partial charge in [-0.05, 0) is 57.1 Å². The maximum Gasteiger partial charge on any atom is 0.123 e. The first-order valence-electron chi connectivity index (χ1n) is 7.55. The second kappa shape index (κ2) is 6.33. The number of rotatable bonds is 3. The largest absolute Gasteiger partial charge is 0.496 e. The van der Waals surface area contributed by atoms with Crippen molar-refractivity contribution in [3.8, 4) is 5.75 Å². The second-order valence-electron chi connectivity index (χ2n) is 5.88. The molecule has 2 heterocycles. The highest BCUT2D eigenvalue weighted by atomic mass is 35.5. The van der Waals surface area contributed by atoms with Gasteiger partial charge in [-0.15, -0.1) is 0 Å². The molecule has 0 bridgehead atoms. The van der Waals surface area contributed by atoms with Crippen LogP contribution in [0.3, 0.4) is 0 Å². The van der Waals surface area contributed by atoms with Crippen molar-refractivity contribution in [2.75, 3.05) is 33.3 Å². The van der Waals surface area contributed by atoms with Gasteiger partial charge in [0.15, 0.2) is 0 Å². The molecular weight excluding hydrogens is 272 g/mol. The standard InChI is InChI=1S/C16H23ClN2O/c1-20-16-6-5-14(17)10-13(16)11-18-7-3-9-19-8-2-4-15(19)12-18/h5-6,10,15H,2-4,7-9,11-12H2,1H3. The lowest BCUT2D eigenvalue weighted by Crippen LogP contribution is -2.36. The number of methoxy groups -OCH3 is 1. The first-order chi connectivity index (χ1) is 9.76. The maximum atomic E-state index is 6.13. The zero-order valence-corrected chi connectivity index (χ0v) is 12.9. The van der Waals surface area contributed by atoms with E-state index in [9.17, 15) is 0 Å². The highest BCUT2D eigenvalue weighted by Crippen LogP contribution is 2.26. The van der Waals surface area contributed by atoms with Crippen molar-refractivity contribution in [3.05, 3.63) is 28.8 Å². The molecule has 0 spiro atoms. The molecule has 1 aromatic rings. The predicted molar refractivity (Wildman–Crippen MR) is 82.5 cm³/mol. The van der Waals surface area contributed by atoms with Crippen molar-refractivity contribution < 1.29 is 4.74 Å². The molecule has 0 aromatic heterocycles.